The molecule has 0 aliphatic carbocycles. The summed E-state index contributed by atoms with van der Waals surface area (Å²) in [6.07, 6.45) is 9.98. The molecule has 0 bridgehead atoms. The molecule has 0 spiro atoms. The Morgan fingerprint density at radius 1 is 1.11 bits per heavy atom. The second-order valence-electron chi connectivity index (χ2n) is 10.2. The molecule has 192 valence electrons. The summed E-state index contributed by atoms with van der Waals surface area (Å²) < 4.78 is 8.10. The van der Waals surface area contributed by atoms with Gasteiger partial charge in [0.15, 0.2) is 11.6 Å². The van der Waals surface area contributed by atoms with Gasteiger partial charge in [-0.05, 0) is 90.5 Å². The summed E-state index contributed by atoms with van der Waals surface area (Å²) in [6, 6.07) is 7.78. The van der Waals surface area contributed by atoms with Gasteiger partial charge in [-0.1, -0.05) is 0 Å². The van der Waals surface area contributed by atoms with Crippen LogP contribution in [0.3, 0.4) is 0 Å². The lowest BCUT2D eigenvalue weighted by Crippen LogP contribution is -2.31. The van der Waals surface area contributed by atoms with E-state index in [4.69, 9.17) is 15.5 Å². The highest BCUT2D eigenvalue weighted by Gasteiger charge is 2.23. The van der Waals surface area contributed by atoms with Crippen LogP contribution in [0, 0.1) is 0 Å². The summed E-state index contributed by atoms with van der Waals surface area (Å²) in [7, 11) is 4.14. The van der Waals surface area contributed by atoms with Gasteiger partial charge in [-0.15, -0.1) is 0 Å². The number of benzene rings is 1. The summed E-state index contributed by atoms with van der Waals surface area (Å²) >= 11 is 0. The van der Waals surface area contributed by atoms with Crippen molar-refractivity contribution in [1.82, 2.24) is 30.0 Å². The van der Waals surface area contributed by atoms with Gasteiger partial charge in [0.05, 0.1) is 30.3 Å². The number of nitrogens with one attached hydrogen (secondary N) is 1. The van der Waals surface area contributed by atoms with Gasteiger partial charge in [-0.3, -0.25) is 4.68 Å². The third-order valence-corrected chi connectivity index (χ3v) is 7.68. The van der Waals surface area contributed by atoms with E-state index in [9.17, 15) is 0 Å². The smallest absolute Gasteiger partial charge is 0.263 e. The zero-order valence-electron chi connectivity index (χ0n) is 21.8. The molecule has 2 aromatic heterocycles. The minimum Gasteiger partial charge on any atom is -0.433 e. The van der Waals surface area contributed by atoms with E-state index in [-0.39, 0.29) is 11.9 Å². The van der Waals surface area contributed by atoms with Crippen LogP contribution in [-0.2, 0) is 0 Å². The Balaban J connectivity index is 1.42. The van der Waals surface area contributed by atoms with Crippen LogP contribution in [0.5, 0.6) is 11.6 Å². The van der Waals surface area contributed by atoms with Crippen LogP contribution >= 0.6 is 0 Å². The van der Waals surface area contributed by atoms with E-state index in [0.29, 0.717) is 23.7 Å². The van der Waals surface area contributed by atoms with Gasteiger partial charge in [-0.2, -0.15) is 5.10 Å². The minimum atomic E-state index is 0.212. The van der Waals surface area contributed by atoms with Gasteiger partial charge in [0, 0.05) is 29.9 Å². The van der Waals surface area contributed by atoms with Crippen LogP contribution in [0.2, 0.25) is 0 Å². The maximum Gasteiger partial charge on any atom is 0.263 e. The van der Waals surface area contributed by atoms with Crippen molar-refractivity contribution in [3.63, 3.8) is 0 Å². The van der Waals surface area contributed by atoms with Gasteiger partial charge < -0.3 is 25.6 Å². The van der Waals surface area contributed by atoms with E-state index in [0.717, 1.165) is 43.7 Å². The maximum atomic E-state index is 6.18. The maximum absolute atomic E-state index is 6.18. The zero-order valence-corrected chi connectivity index (χ0v) is 21.8. The largest absolute Gasteiger partial charge is 0.433 e. The molecule has 2 saturated heterocycles. The molecule has 2 atom stereocenters. The first-order valence-electron chi connectivity index (χ1n) is 13.0. The number of hydrogen-bond acceptors (Lipinski definition) is 8. The zero-order chi connectivity index (χ0) is 25.2. The first-order valence-corrected chi connectivity index (χ1v) is 13.0. The number of nitrogens with two attached hydrogens (primary N) is 1. The van der Waals surface area contributed by atoms with Crippen molar-refractivity contribution in [2.75, 3.05) is 44.4 Å². The summed E-state index contributed by atoms with van der Waals surface area (Å²) in [5.41, 5.74) is 10.3. The first kappa shape index (κ1) is 24.5. The van der Waals surface area contributed by atoms with E-state index < -0.39 is 0 Å². The molecule has 0 radical (unpaired) electrons. The molecule has 1 aromatic carbocycles. The fraction of sp³-hybridized carbons (Fsp3) is 0.519. The molecule has 2 fully saturated rings. The second kappa shape index (κ2) is 10.4. The van der Waals surface area contributed by atoms with Gasteiger partial charge in [0.1, 0.15) is 0 Å². The molecule has 3 N–H and O–H groups in total. The van der Waals surface area contributed by atoms with Crippen LogP contribution in [0.15, 0.2) is 36.8 Å². The van der Waals surface area contributed by atoms with Crippen molar-refractivity contribution in [1.29, 1.82) is 0 Å². The molecular formula is C27H38N8O. The van der Waals surface area contributed by atoms with E-state index in [1.54, 1.807) is 12.4 Å². The molecular weight excluding hydrogens is 452 g/mol. The van der Waals surface area contributed by atoms with Gasteiger partial charge in [0.25, 0.3) is 5.88 Å². The molecule has 2 aliphatic heterocycles. The standard InChI is InChI=1S/C27H38N8O/c1-18-6-5-9-34(18)23-13-20(19(2)29-3)12-21(14-23)25-16-30-26(28)27(32-25)36-24-15-31-35(17-24)22-7-10-33(4)11-8-22/h12-19,22,29H,5-11H2,1-4H3,(H2,28,30)/t18-,19?/m1/s1. The quantitative estimate of drug-likeness (QED) is 0.507. The van der Waals surface area contributed by atoms with Crippen LogP contribution in [0.4, 0.5) is 11.5 Å². The highest BCUT2D eigenvalue weighted by molar-refractivity contribution is 5.69. The molecule has 5 rings (SSSR count). The van der Waals surface area contributed by atoms with Crippen molar-refractivity contribution in [3.8, 4) is 22.9 Å². The highest BCUT2D eigenvalue weighted by Crippen LogP contribution is 2.34. The van der Waals surface area contributed by atoms with Gasteiger partial charge >= 0.3 is 0 Å². The molecule has 1 unspecified atom stereocenters. The Morgan fingerprint density at radius 2 is 1.92 bits per heavy atom. The Labute approximate surface area is 213 Å². The molecule has 9 heteroatoms. The van der Waals surface area contributed by atoms with Gasteiger partial charge in [0.2, 0.25) is 0 Å². The molecule has 3 aromatic rings. The third-order valence-electron chi connectivity index (χ3n) is 7.68. The fourth-order valence-corrected chi connectivity index (χ4v) is 5.22. The van der Waals surface area contributed by atoms with Crippen molar-refractivity contribution in [2.45, 2.75) is 57.7 Å². The molecule has 36 heavy (non-hydrogen) atoms. The van der Waals surface area contributed by atoms with Crippen molar-refractivity contribution in [3.05, 3.63) is 42.4 Å². The predicted octanol–water partition coefficient (Wildman–Crippen LogP) is 4.25. The summed E-state index contributed by atoms with van der Waals surface area (Å²) in [5.74, 6) is 1.19. The lowest BCUT2D eigenvalue weighted by molar-refractivity contribution is 0.212. The average molecular weight is 491 g/mol. The fourth-order valence-electron chi connectivity index (χ4n) is 5.22. The minimum absolute atomic E-state index is 0.212. The number of rotatable bonds is 7. The number of likely N-dealkylation sites (tertiary alicyclic amines) is 1. The van der Waals surface area contributed by atoms with E-state index >= 15 is 0 Å². The number of nitrogen functional groups attached to an aromatic ring is 1. The van der Waals surface area contributed by atoms with E-state index in [2.05, 4.69) is 64.3 Å². The predicted molar refractivity (Wildman–Crippen MR) is 143 cm³/mol. The number of anilines is 2. The summed E-state index contributed by atoms with van der Waals surface area (Å²) in [4.78, 5) is 14.0. The number of aromatic nitrogens is 4. The highest BCUT2D eigenvalue weighted by atomic mass is 16.5. The SMILES string of the molecule is CNC(C)c1cc(-c2cnc(N)c(Oc3cnn(C4CCN(C)CC4)c3)n2)cc(N2CCC[C@H]2C)c1. The normalized spacial score (nSPS) is 20.1. The first-order chi connectivity index (χ1) is 17.4. The molecule has 4 heterocycles. The average Bonchev–Trinajstić information content (AvgIpc) is 3.54. The second-order valence-corrected chi connectivity index (χ2v) is 10.2. The number of ether oxygens (including phenoxy) is 1. The lowest BCUT2D eigenvalue weighted by atomic mass is 10.0. The van der Waals surface area contributed by atoms with Crippen molar-refractivity contribution >= 4 is 11.5 Å². The summed E-state index contributed by atoms with van der Waals surface area (Å²) in [6.45, 7) is 7.68. The van der Waals surface area contributed by atoms with Crippen LogP contribution in [-0.4, -0.2) is 64.4 Å². The van der Waals surface area contributed by atoms with Crippen molar-refractivity contribution < 1.29 is 4.74 Å². The van der Waals surface area contributed by atoms with Crippen LogP contribution in [0.25, 0.3) is 11.3 Å². The van der Waals surface area contributed by atoms with E-state index in [1.807, 2.05) is 17.9 Å². The Morgan fingerprint density at radius 3 is 2.64 bits per heavy atom. The Kier molecular flexibility index (Phi) is 7.11. The molecule has 0 amide bonds. The van der Waals surface area contributed by atoms with Crippen LogP contribution in [0.1, 0.15) is 57.2 Å². The topological polar surface area (TPSA) is 97.4 Å². The number of nitrogens with zero attached hydrogens (tertiary/aromatic N) is 6. The van der Waals surface area contributed by atoms with Crippen molar-refractivity contribution in [2.24, 2.45) is 0 Å². The molecule has 0 saturated carbocycles. The molecule has 2 aliphatic rings. The number of hydrogen-bond donors (Lipinski definition) is 2. The monoisotopic (exact) mass is 490 g/mol. The summed E-state index contributed by atoms with van der Waals surface area (Å²) in [5, 5.41) is 7.91. The Hall–Kier alpha value is -3.17. The Bertz CT molecular complexity index is 1190. The number of piperidine rings is 1. The van der Waals surface area contributed by atoms with Crippen LogP contribution < -0.4 is 20.7 Å². The van der Waals surface area contributed by atoms with Gasteiger partial charge in [-0.25, -0.2) is 9.97 Å². The third kappa shape index (κ3) is 5.17. The lowest BCUT2D eigenvalue weighted by Gasteiger charge is -2.28. The van der Waals surface area contributed by atoms with E-state index in [1.165, 1.54) is 24.1 Å². The molecule has 9 nitrogen and oxygen atoms in total.